The van der Waals surface area contributed by atoms with Gasteiger partial charge in [-0.1, -0.05) is 48.0 Å². The van der Waals surface area contributed by atoms with Crippen LogP contribution in [-0.4, -0.2) is 29.0 Å². The van der Waals surface area contributed by atoms with Gasteiger partial charge in [0.25, 0.3) is 0 Å². The van der Waals surface area contributed by atoms with Gasteiger partial charge in [-0.05, 0) is 18.2 Å². The highest BCUT2D eigenvalue weighted by Gasteiger charge is 2.15. The van der Waals surface area contributed by atoms with E-state index in [-0.39, 0.29) is 6.61 Å². The standard InChI is InChI=1S/C22H20Cl2FN3O/c1-4-6-20(28(2)3)16-9-14(10-25)27-22-15(16)7-5-8-21(22)29-13-17-18(23)11-26-12-19(17)24/h4-9,11-12H,1,10,13H2,2-3H3/b20-6-. The molecule has 0 saturated carbocycles. The summed E-state index contributed by atoms with van der Waals surface area (Å²) in [5, 5.41) is 1.67. The first-order valence-electron chi connectivity index (χ1n) is 8.86. The Morgan fingerprint density at radius 2 is 1.97 bits per heavy atom. The lowest BCUT2D eigenvalue weighted by atomic mass is 10.0. The van der Waals surface area contributed by atoms with Gasteiger partial charge in [0.15, 0.2) is 0 Å². The van der Waals surface area contributed by atoms with E-state index in [9.17, 15) is 4.39 Å². The Labute approximate surface area is 179 Å². The number of nitrogens with zero attached hydrogens (tertiary/aromatic N) is 3. The number of benzene rings is 1. The molecule has 2 heterocycles. The summed E-state index contributed by atoms with van der Waals surface area (Å²) in [4.78, 5) is 10.4. The molecule has 150 valence electrons. The molecule has 2 aromatic heterocycles. The van der Waals surface area contributed by atoms with Crippen molar-refractivity contribution in [3.8, 4) is 5.75 Å². The summed E-state index contributed by atoms with van der Waals surface area (Å²) in [6.45, 7) is 3.23. The highest BCUT2D eigenvalue weighted by Crippen LogP contribution is 2.33. The van der Waals surface area contributed by atoms with E-state index in [0.29, 0.717) is 32.6 Å². The van der Waals surface area contributed by atoms with Crippen molar-refractivity contribution in [2.45, 2.75) is 13.3 Å². The van der Waals surface area contributed by atoms with E-state index in [2.05, 4.69) is 16.5 Å². The van der Waals surface area contributed by atoms with Crippen molar-refractivity contribution in [1.29, 1.82) is 0 Å². The minimum atomic E-state index is -0.686. The van der Waals surface area contributed by atoms with Crippen LogP contribution in [0.25, 0.3) is 16.6 Å². The molecule has 0 amide bonds. The van der Waals surface area contributed by atoms with E-state index in [1.807, 2.05) is 37.2 Å². The molecule has 3 aromatic rings. The van der Waals surface area contributed by atoms with Crippen LogP contribution in [0.2, 0.25) is 10.0 Å². The second-order valence-corrected chi connectivity index (χ2v) is 7.31. The lowest BCUT2D eigenvalue weighted by molar-refractivity contribution is 0.309. The maximum absolute atomic E-state index is 13.6. The van der Waals surface area contributed by atoms with Crippen LogP contribution in [0, 0.1) is 0 Å². The maximum Gasteiger partial charge on any atom is 0.146 e. The Balaban J connectivity index is 2.11. The Morgan fingerprint density at radius 1 is 1.24 bits per heavy atom. The lowest BCUT2D eigenvalue weighted by Gasteiger charge is -2.20. The van der Waals surface area contributed by atoms with Gasteiger partial charge < -0.3 is 9.64 Å². The molecule has 0 aliphatic heterocycles. The van der Waals surface area contributed by atoms with Crippen molar-refractivity contribution >= 4 is 39.8 Å². The van der Waals surface area contributed by atoms with Crippen molar-refractivity contribution in [2.24, 2.45) is 0 Å². The fourth-order valence-electron chi connectivity index (χ4n) is 2.99. The van der Waals surface area contributed by atoms with E-state index >= 15 is 0 Å². The van der Waals surface area contributed by atoms with Gasteiger partial charge in [0.05, 0.1) is 15.7 Å². The summed E-state index contributed by atoms with van der Waals surface area (Å²) in [6, 6.07) is 7.34. The highest BCUT2D eigenvalue weighted by atomic mass is 35.5. The van der Waals surface area contributed by atoms with Crippen LogP contribution < -0.4 is 4.74 Å². The number of halogens is 3. The highest BCUT2D eigenvalue weighted by molar-refractivity contribution is 6.35. The molecule has 3 rings (SSSR count). The number of alkyl halides is 1. The van der Waals surface area contributed by atoms with Gasteiger partial charge >= 0.3 is 0 Å². The second-order valence-electron chi connectivity index (χ2n) is 6.50. The van der Waals surface area contributed by atoms with Crippen LogP contribution in [0.4, 0.5) is 4.39 Å². The zero-order valence-electron chi connectivity index (χ0n) is 16.1. The summed E-state index contributed by atoms with van der Waals surface area (Å²) in [7, 11) is 3.84. The van der Waals surface area contributed by atoms with Gasteiger partial charge in [-0.25, -0.2) is 9.37 Å². The third-order valence-corrected chi connectivity index (χ3v) is 5.00. The SMILES string of the molecule is C=C/C=C(/c1cc(CF)nc2c(OCc3c(Cl)cncc3Cl)cccc12)N(C)C. The van der Waals surface area contributed by atoms with Gasteiger partial charge in [0.1, 0.15) is 24.5 Å². The van der Waals surface area contributed by atoms with Crippen LogP contribution in [0.3, 0.4) is 0 Å². The molecule has 0 N–H and O–H groups in total. The van der Waals surface area contributed by atoms with Gasteiger partial charge in [-0.15, -0.1) is 0 Å². The first-order valence-corrected chi connectivity index (χ1v) is 9.61. The number of hydrogen-bond acceptors (Lipinski definition) is 4. The number of rotatable bonds is 7. The van der Waals surface area contributed by atoms with Gasteiger partial charge in [0.2, 0.25) is 0 Å². The Morgan fingerprint density at radius 3 is 2.59 bits per heavy atom. The zero-order valence-corrected chi connectivity index (χ0v) is 17.6. The molecule has 0 spiro atoms. The van der Waals surface area contributed by atoms with Crippen molar-refractivity contribution in [2.75, 3.05) is 14.1 Å². The minimum absolute atomic E-state index is 0.138. The second kappa shape index (κ2) is 9.25. The molecule has 4 nitrogen and oxygen atoms in total. The number of ether oxygens (including phenoxy) is 1. The number of pyridine rings is 2. The fourth-order valence-corrected chi connectivity index (χ4v) is 3.46. The Bertz CT molecular complexity index is 1060. The van der Waals surface area contributed by atoms with E-state index < -0.39 is 6.67 Å². The number of hydrogen-bond donors (Lipinski definition) is 0. The summed E-state index contributed by atoms with van der Waals surface area (Å²) >= 11 is 12.4. The van der Waals surface area contributed by atoms with Gasteiger partial charge in [-0.2, -0.15) is 0 Å². The first kappa shape index (κ1) is 21.1. The smallest absolute Gasteiger partial charge is 0.146 e. The zero-order chi connectivity index (χ0) is 21.0. The Hall–Kier alpha value is -2.63. The van der Waals surface area contributed by atoms with Crippen molar-refractivity contribution in [1.82, 2.24) is 14.9 Å². The molecule has 0 atom stereocenters. The topological polar surface area (TPSA) is 38.3 Å². The quantitative estimate of drug-likeness (QED) is 0.425. The van der Waals surface area contributed by atoms with E-state index in [1.165, 1.54) is 12.4 Å². The molecule has 29 heavy (non-hydrogen) atoms. The summed E-state index contributed by atoms with van der Waals surface area (Å²) in [5.41, 5.74) is 3.25. The lowest BCUT2D eigenvalue weighted by Crippen LogP contribution is -2.11. The van der Waals surface area contributed by atoms with Crippen LogP contribution in [0.1, 0.15) is 16.8 Å². The Kier molecular flexibility index (Phi) is 6.72. The maximum atomic E-state index is 13.6. The number of para-hydroxylation sites is 1. The average Bonchev–Trinajstić information content (AvgIpc) is 2.70. The monoisotopic (exact) mass is 431 g/mol. The van der Waals surface area contributed by atoms with Crippen LogP contribution in [0.15, 0.2) is 55.4 Å². The van der Waals surface area contributed by atoms with Crippen LogP contribution >= 0.6 is 23.2 Å². The van der Waals surface area contributed by atoms with Crippen molar-refractivity contribution in [3.63, 3.8) is 0 Å². The molecular weight excluding hydrogens is 412 g/mol. The molecule has 7 heteroatoms. The third kappa shape index (κ3) is 4.52. The molecule has 0 aliphatic rings. The van der Waals surface area contributed by atoms with E-state index in [1.54, 1.807) is 18.2 Å². The predicted molar refractivity (Wildman–Crippen MR) is 117 cm³/mol. The normalized spacial score (nSPS) is 11.6. The summed E-state index contributed by atoms with van der Waals surface area (Å²) < 4.78 is 19.6. The minimum Gasteiger partial charge on any atom is -0.487 e. The van der Waals surface area contributed by atoms with E-state index in [0.717, 1.165) is 16.6 Å². The van der Waals surface area contributed by atoms with Gasteiger partial charge in [-0.3, -0.25) is 4.98 Å². The number of aromatic nitrogens is 2. The molecule has 0 aliphatic carbocycles. The number of fused-ring (bicyclic) bond motifs is 1. The summed E-state index contributed by atoms with van der Waals surface area (Å²) in [5.74, 6) is 0.514. The number of allylic oxidation sites excluding steroid dienone is 2. The third-order valence-electron chi connectivity index (χ3n) is 4.35. The fraction of sp³-hybridized carbons (Fsp3) is 0.182. The predicted octanol–water partition coefficient (Wildman–Crippen LogP) is 6.07. The average molecular weight is 432 g/mol. The van der Waals surface area contributed by atoms with Gasteiger partial charge in [0, 0.05) is 48.7 Å². The van der Waals surface area contributed by atoms with Crippen LogP contribution in [0.5, 0.6) is 5.75 Å². The van der Waals surface area contributed by atoms with Crippen LogP contribution in [-0.2, 0) is 13.3 Å². The molecule has 0 bridgehead atoms. The summed E-state index contributed by atoms with van der Waals surface area (Å²) in [6.07, 6.45) is 6.60. The van der Waals surface area contributed by atoms with E-state index in [4.69, 9.17) is 27.9 Å². The molecule has 0 unspecified atom stereocenters. The molecule has 1 aromatic carbocycles. The largest absolute Gasteiger partial charge is 0.487 e. The molecule has 0 radical (unpaired) electrons. The molecule has 0 saturated heterocycles. The molecule has 0 fully saturated rings. The molecular formula is C22H20Cl2FN3O. The van der Waals surface area contributed by atoms with Crippen molar-refractivity contribution < 1.29 is 9.13 Å². The first-order chi connectivity index (χ1) is 14.0. The van der Waals surface area contributed by atoms with Crippen molar-refractivity contribution in [3.05, 3.63) is 82.3 Å².